The van der Waals surface area contributed by atoms with E-state index < -0.39 is 0 Å². The molecule has 0 spiro atoms. The van der Waals surface area contributed by atoms with Gasteiger partial charge in [0.2, 0.25) is 0 Å². The van der Waals surface area contributed by atoms with Gasteiger partial charge in [-0.25, -0.2) is 4.98 Å². The Morgan fingerprint density at radius 1 is 1.00 bits per heavy atom. The third kappa shape index (κ3) is 3.95. The van der Waals surface area contributed by atoms with Gasteiger partial charge in [-0.15, -0.1) is 0 Å². The summed E-state index contributed by atoms with van der Waals surface area (Å²) in [5.41, 5.74) is 3.04. The highest BCUT2D eigenvalue weighted by Gasteiger charge is 2.58. The lowest BCUT2D eigenvalue weighted by Gasteiger charge is -2.51. The van der Waals surface area contributed by atoms with Crippen molar-refractivity contribution >= 4 is 0 Å². The van der Waals surface area contributed by atoms with Crippen LogP contribution in [0.4, 0.5) is 0 Å². The lowest BCUT2D eigenvalue weighted by Crippen LogP contribution is -2.58. The predicted octanol–water partition coefficient (Wildman–Crippen LogP) is 7.83. The van der Waals surface area contributed by atoms with Gasteiger partial charge in [-0.05, 0) is 36.3 Å². The van der Waals surface area contributed by atoms with E-state index in [0.29, 0.717) is 19.1 Å². The van der Waals surface area contributed by atoms with E-state index in [-0.39, 0.29) is 27.3 Å². The second kappa shape index (κ2) is 8.36. The van der Waals surface area contributed by atoms with Crippen molar-refractivity contribution in [3.63, 3.8) is 0 Å². The fourth-order valence-electron chi connectivity index (χ4n) is 7.08. The fourth-order valence-corrected chi connectivity index (χ4v) is 7.08. The van der Waals surface area contributed by atoms with Gasteiger partial charge in [0.05, 0.1) is 18.6 Å². The van der Waals surface area contributed by atoms with E-state index in [0.717, 1.165) is 42.4 Å². The number of aromatic nitrogens is 1. The Bertz CT molecular complexity index is 1080. The van der Waals surface area contributed by atoms with Crippen LogP contribution in [0, 0.1) is 29.1 Å². The molecule has 2 unspecified atom stereocenters. The molecule has 194 valence electrons. The second-order valence-corrected chi connectivity index (χ2v) is 14.0. The van der Waals surface area contributed by atoms with Gasteiger partial charge >= 0.3 is 0 Å². The highest BCUT2D eigenvalue weighted by Crippen LogP contribution is 2.56. The Labute approximate surface area is 213 Å². The zero-order valence-electron chi connectivity index (χ0n) is 24.0. The van der Waals surface area contributed by atoms with Gasteiger partial charge in [-0.2, -0.15) is 0 Å². The van der Waals surface area contributed by atoms with Gasteiger partial charge in [0.1, 0.15) is 22.8 Å². The SMILES string of the molecule is Cc1cccc2c1CC(C(C)(C)C)(C(C)(C)CCc1nc3c(o1)C(C(C)C)(C(C)(C)C)COC3)O2. The maximum absolute atomic E-state index is 6.91. The average molecular weight is 482 g/mol. The van der Waals surface area contributed by atoms with Crippen LogP contribution in [0.2, 0.25) is 0 Å². The zero-order chi connectivity index (χ0) is 26.0. The summed E-state index contributed by atoms with van der Waals surface area (Å²) in [7, 11) is 0. The molecule has 2 aliphatic heterocycles. The van der Waals surface area contributed by atoms with Gasteiger partial charge in [0.15, 0.2) is 5.89 Å². The molecule has 0 aliphatic carbocycles. The lowest BCUT2D eigenvalue weighted by molar-refractivity contribution is -0.110. The molecule has 0 amide bonds. The average Bonchev–Trinajstić information content (AvgIpc) is 3.34. The number of benzene rings is 1. The third-order valence-electron chi connectivity index (χ3n) is 9.39. The first-order valence-electron chi connectivity index (χ1n) is 13.4. The van der Waals surface area contributed by atoms with Gasteiger partial charge in [0, 0.05) is 29.2 Å². The molecule has 3 heterocycles. The summed E-state index contributed by atoms with van der Waals surface area (Å²) in [6.45, 7) is 26.5. The van der Waals surface area contributed by atoms with Crippen molar-refractivity contribution in [2.75, 3.05) is 6.61 Å². The number of nitrogens with zero attached hydrogens (tertiary/aromatic N) is 1. The summed E-state index contributed by atoms with van der Waals surface area (Å²) in [5.74, 6) is 3.31. The van der Waals surface area contributed by atoms with Gasteiger partial charge < -0.3 is 13.9 Å². The summed E-state index contributed by atoms with van der Waals surface area (Å²) in [6, 6.07) is 6.44. The fraction of sp³-hybridized carbons (Fsp3) is 0.710. The first-order valence-corrected chi connectivity index (χ1v) is 13.4. The van der Waals surface area contributed by atoms with Crippen molar-refractivity contribution in [2.24, 2.45) is 22.2 Å². The van der Waals surface area contributed by atoms with E-state index in [1.807, 2.05) is 0 Å². The van der Waals surface area contributed by atoms with Crippen LogP contribution in [0.3, 0.4) is 0 Å². The molecule has 4 heteroatoms. The minimum absolute atomic E-state index is 0.00400. The summed E-state index contributed by atoms with van der Waals surface area (Å²) < 4.78 is 19.7. The Hall–Kier alpha value is -1.81. The van der Waals surface area contributed by atoms with Crippen molar-refractivity contribution < 1.29 is 13.9 Å². The van der Waals surface area contributed by atoms with Crippen LogP contribution in [0.15, 0.2) is 22.6 Å². The van der Waals surface area contributed by atoms with Crippen molar-refractivity contribution in [1.29, 1.82) is 0 Å². The minimum Gasteiger partial charge on any atom is -0.486 e. The molecule has 0 radical (unpaired) electrons. The maximum atomic E-state index is 6.91. The first kappa shape index (κ1) is 26.3. The molecule has 4 rings (SSSR count). The molecule has 0 bridgehead atoms. The molecule has 2 atom stereocenters. The Morgan fingerprint density at radius 3 is 2.26 bits per heavy atom. The molecule has 4 nitrogen and oxygen atoms in total. The number of ether oxygens (including phenoxy) is 2. The van der Waals surface area contributed by atoms with Crippen LogP contribution in [0.5, 0.6) is 5.75 Å². The summed E-state index contributed by atoms with van der Waals surface area (Å²) in [4.78, 5) is 4.98. The highest BCUT2D eigenvalue weighted by molar-refractivity contribution is 5.46. The van der Waals surface area contributed by atoms with Crippen LogP contribution >= 0.6 is 0 Å². The molecule has 0 saturated carbocycles. The van der Waals surface area contributed by atoms with Gasteiger partial charge in [-0.1, -0.05) is 81.4 Å². The van der Waals surface area contributed by atoms with Crippen LogP contribution in [-0.2, 0) is 29.6 Å². The van der Waals surface area contributed by atoms with E-state index in [9.17, 15) is 0 Å². The second-order valence-electron chi connectivity index (χ2n) is 14.0. The first-order chi connectivity index (χ1) is 16.1. The number of oxazole rings is 1. The minimum atomic E-state index is -0.309. The van der Waals surface area contributed by atoms with Gasteiger partial charge in [0.25, 0.3) is 0 Å². The van der Waals surface area contributed by atoms with Crippen LogP contribution in [0.1, 0.15) is 104 Å². The highest BCUT2D eigenvalue weighted by atomic mass is 16.5. The Kier molecular flexibility index (Phi) is 6.27. The van der Waals surface area contributed by atoms with Crippen LogP contribution < -0.4 is 4.74 Å². The van der Waals surface area contributed by atoms with Crippen LogP contribution in [-0.4, -0.2) is 17.2 Å². The molecule has 1 aromatic carbocycles. The molecule has 0 saturated heterocycles. The summed E-state index contributed by atoms with van der Waals surface area (Å²) in [5, 5.41) is 0. The standard InChI is InChI=1S/C31H47NO3/c1-20(2)30(27(4,5)6)19-33-18-23-26(30)34-25(32-23)15-16-29(10,11)31(28(7,8)9)17-22-21(3)13-12-14-24(22)35-31/h12-14,20H,15-19H2,1-11H3. The van der Waals surface area contributed by atoms with Crippen molar-refractivity contribution in [1.82, 2.24) is 4.98 Å². The number of hydrogen-bond donors (Lipinski definition) is 0. The predicted molar refractivity (Wildman–Crippen MR) is 142 cm³/mol. The molecular formula is C31H47NO3. The van der Waals surface area contributed by atoms with E-state index >= 15 is 0 Å². The molecule has 0 fully saturated rings. The smallest absolute Gasteiger partial charge is 0.194 e. The zero-order valence-corrected chi connectivity index (χ0v) is 24.0. The lowest BCUT2D eigenvalue weighted by atomic mass is 9.58. The summed E-state index contributed by atoms with van der Waals surface area (Å²) in [6.07, 6.45) is 2.65. The van der Waals surface area contributed by atoms with Crippen molar-refractivity contribution in [3.8, 4) is 5.75 Å². The monoisotopic (exact) mass is 481 g/mol. The summed E-state index contributed by atoms with van der Waals surface area (Å²) >= 11 is 0. The largest absolute Gasteiger partial charge is 0.486 e. The third-order valence-corrected chi connectivity index (χ3v) is 9.39. The number of hydrogen-bond acceptors (Lipinski definition) is 4. The molecular weight excluding hydrogens is 434 g/mol. The Balaban J connectivity index is 1.64. The molecule has 2 aromatic rings. The quantitative estimate of drug-likeness (QED) is 0.436. The number of rotatable bonds is 5. The Morgan fingerprint density at radius 2 is 1.69 bits per heavy atom. The molecule has 0 N–H and O–H groups in total. The van der Waals surface area contributed by atoms with Crippen molar-refractivity contribution in [3.05, 3.63) is 46.7 Å². The van der Waals surface area contributed by atoms with Crippen molar-refractivity contribution in [2.45, 2.75) is 113 Å². The molecule has 2 aliphatic rings. The van der Waals surface area contributed by atoms with Gasteiger partial charge in [-0.3, -0.25) is 0 Å². The van der Waals surface area contributed by atoms with E-state index in [1.54, 1.807) is 0 Å². The number of fused-ring (bicyclic) bond motifs is 2. The molecule has 1 aromatic heterocycles. The van der Waals surface area contributed by atoms with E-state index in [1.165, 1.54) is 11.1 Å². The topological polar surface area (TPSA) is 44.5 Å². The number of aryl methyl sites for hydroxylation is 2. The van der Waals surface area contributed by atoms with Crippen LogP contribution in [0.25, 0.3) is 0 Å². The normalized spacial score (nSPS) is 24.9. The van der Waals surface area contributed by atoms with E-state index in [2.05, 4.69) is 94.4 Å². The van der Waals surface area contributed by atoms with E-state index in [4.69, 9.17) is 18.9 Å². The molecule has 35 heavy (non-hydrogen) atoms. The maximum Gasteiger partial charge on any atom is 0.194 e.